The lowest BCUT2D eigenvalue weighted by Gasteiger charge is -2.45. The summed E-state index contributed by atoms with van der Waals surface area (Å²) in [6.07, 6.45) is -8.13. The van der Waals surface area contributed by atoms with Crippen LogP contribution in [-0.2, 0) is 28.3 Å². The molecule has 5 rings (SSSR count). The molecule has 1 amide bonds. The van der Waals surface area contributed by atoms with Crippen molar-refractivity contribution in [2.75, 3.05) is 50.8 Å². The van der Waals surface area contributed by atoms with Crippen LogP contribution in [0, 0.1) is 0 Å². The largest absolute Gasteiger partial charge is 0.422 e. The molecule has 4 heterocycles. The van der Waals surface area contributed by atoms with Crippen molar-refractivity contribution in [3.8, 4) is 0 Å². The SMILES string of the molecule is C[C@]1(C(=O)N2CCN(c3ccc(C(F)(F)F)cn3)CC2)CN([C@@H]2CCc3c2n[nH]c(=O)c3C(F)(F)F)CCO1. The summed E-state index contributed by atoms with van der Waals surface area (Å²) in [4.78, 5) is 34.6. The number of aromatic amines is 1. The molecular formula is C24H26F6N6O3. The van der Waals surface area contributed by atoms with Crippen molar-refractivity contribution in [3.63, 3.8) is 0 Å². The number of nitrogens with zero attached hydrogens (tertiary/aromatic N) is 5. The molecule has 2 aliphatic heterocycles. The topological polar surface area (TPSA) is 94.7 Å². The van der Waals surface area contributed by atoms with Gasteiger partial charge >= 0.3 is 12.4 Å². The van der Waals surface area contributed by atoms with Crippen molar-refractivity contribution in [3.05, 3.63) is 51.1 Å². The predicted octanol–water partition coefficient (Wildman–Crippen LogP) is 2.63. The highest BCUT2D eigenvalue weighted by Crippen LogP contribution is 2.41. The third-order valence-corrected chi connectivity index (χ3v) is 7.55. The number of amides is 1. The van der Waals surface area contributed by atoms with E-state index in [-0.39, 0.29) is 36.7 Å². The summed E-state index contributed by atoms with van der Waals surface area (Å²) in [6.45, 7) is 3.63. The third kappa shape index (κ3) is 5.21. The molecule has 1 aliphatic carbocycles. The van der Waals surface area contributed by atoms with Gasteiger partial charge in [0.05, 0.1) is 23.9 Å². The van der Waals surface area contributed by atoms with E-state index in [1.807, 2.05) is 10.00 Å². The summed E-state index contributed by atoms with van der Waals surface area (Å²) in [5, 5.41) is 5.91. The molecule has 1 N–H and O–H groups in total. The maximum Gasteiger partial charge on any atom is 0.422 e. The number of anilines is 1. The third-order valence-electron chi connectivity index (χ3n) is 7.55. The van der Waals surface area contributed by atoms with Crippen LogP contribution in [0.3, 0.4) is 0 Å². The normalized spacial score (nSPS) is 24.6. The highest BCUT2D eigenvalue weighted by atomic mass is 19.4. The van der Waals surface area contributed by atoms with Crippen molar-refractivity contribution in [2.45, 2.75) is 43.8 Å². The van der Waals surface area contributed by atoms with E-state index in [9.17, 15) is 35.9 Å². The minimum atomic E-state index is -4.80. The fourth-order valence-electron chi connectivity index (χ4n) is 5.61. The van der Waals surface area contributed by atoms with Gasteiger partial charge in [0, 0.05) is 45.5 Å². The molecule has 2 atom stereocenters. The van der Waals surface area contributed by atoms with Gasteiger partial charge in [-0.05, 0) is 37.5 Å². The second kappa shape index (κ2) is 9.77. The van der Waals surface area contributed by atoms with Gasteiger partial charge in [0.1, 0.15) is 11.4 Å². The van der Waals surface area contributed by atoms with Gasteiger partial charge in [0.25, 0.3) is 11.5 Å². The Morgan fingerprint density at radius 1 is 1.08 bits per heavy atom. The highest BCUT2D eigenvalue weighted by molar-refractivity contribution is 5.85. The average Bonchev–Trinajstić information content (AvgIpc) is 3.31. The van der Waals surface area contributed by atoms with Gasteiger partial charge in [-0.2, -0.15) is 31.4 Å². The van der Waals surface area contributed by atoms with Crippen molar-refractivity contribution in [1.29, 1.82) is 0 Å². The number of hydrogen-bond acceptors (Lipinski definition) is 7. The first-order valence-electron chi connectivity index (χ1n) is 12.4. The lowest BCUT2D eigenvalue weighted by atomic mass is 9.99. The van der Waals surface area contributed by atoms with E-state index in [1.54, 1.807) is 16.7 Å². The van der Waals surface area contributed by atoms with Crippen LogP contribution in [0.2, 0.25) is 0 Å². The number of rotatable bonds is 3. The molecule has 2 aromatic rings. The number of piperazine rings is 1. The van der Waals surface area contributed by atoms with E-state index >= 15 is 0 Å². The Morgan fingerprint density at radius 2 is 1.79 bits per heavy atom. The summed E-state index contributed by atoms with van der Waals surface area (Å²) in [7, 11) is 0. The van der Waals surface area contributed by atoms with E-state index in [2.05, 4.69) is 10.1 Å². The van der Waals surface area contributed by atoms with Gasteiger partial charge in [-0.3, -0.25) is 14.5 Å². The first-order chi connectivity index (χ1) is 18.3. The molecule has 2 saturated heterocycles. The van der Waals surface area contributed by atoms with Crippen LogP contribution in [0.25, 0.3) is 0 Å². The Morgan fingerprint density at radius 3 is 2.41 bits per heavy atom. The van der Waals surface area contributed by atoms with Crippen LogP contribution in [0.5, 0.6) is 0 Å². The minimum Gasteiger partial charge on any atom is -0.363 e. The van der Waals surface area contributed by atoms with Crippen molar-refractivity contribution in [1.82, 2.24) is 25.0 Å². The summed E-state index contributed by atoms with van der Waals surface area (Å²) >= 11 is 0. The van der Waals surface area contributed by atoms with E-state index in [1.165, 1.54) is 6.07 Å². The molecule has 2 fully saturated rings. The number of carbonyl (C=O) groups excluding carboxylic acids is 1. The number of aromatic nitrogens is 3. The van der Waals surface area contributed by atoms with Gasteiger partial charge in [-0.15, -0.1) is 0 Å². The monoisotopic (exact) mass is 560 g/mol. The number of fused-ring (bicyclic) bond motifs is 1. The van der Waals surface area contributed by atoms with E-state index < -0.39 is 40.7 Å². The van der Waals surface area contributed by atoms with Crippen molar-refractivity contribution >= 4 is 11.7 Å². The molecule has 0 spiro atoms. The zero-order valence-electron chi connectivity index (χ0n) is 20.9. The molecule has 9 nitrogen and oxygen atoms in total. The molecule has 39 heavy (non-hydrogen) atoms. The Bertz CT molecular complexity index is 1290. The van der Waals surface area contributed by atoms with Crippen LogP contribution in [0.15, 0.2) is 23.1 Å². The first kappa shape index (κ1) is 27.4. The fraction of sp³-hybridized carbons (Fsp3) is 0.583. The number of carbonyl (C=O) groups is 1. The smallest absolute Gasteiger partial charge is 0.363 e. The average molecular weight is 560 g/mol. The Hall–Kier alpha value is -3.20. The zero-order chi connectivity index (χ0) is 28.2. The summed E-state index contributed by atoms with van der Waals surface area (Å²) in [5.41, 5.74) is -4.53. The Labute approximate surface area is 218 Å². The quantitative estimate of drug-likeness (QED) is 0.577. The van der Waals surface area contributed by atoms with Crippen molar-refractivity contribution in [2.24, 2.45) is 0 Å². The fourth-order valence-corrected chi connectivity index (χ4v) is 5.61. The van der Waals surface area contributed by atoms with Gasteiger partial charge < -0.3 is 14.5 Å². The second-order valence-corrected chi connectivity index (χ2v) is 10.1. The van der Waals surface area contributed by atoms with Crippen LogP contribution in [0.1, 0.15) is 41.8 Å². The standard InChI is InChI=1S/C24H26F6N6O3/c1-22(21(38)35-8-6-34(7-9-35)17-5-2-14(12-31-17)23(25,26)27)13-36(10-11-39-22)16-4-3-15-18(24(28,29)30)20(37)33-32-19(15)16/h2,5,12,16H,3-4,6-11,13H2,1H3,(H,33,37)/t16-,22-/m1/s1. The number of hydrogen-bond donors (Lipinski definition) is 1. The summed E-state index contributed by atoms with van der Waals surface area (Å²) in [5.74, 6) is 0.0981. The van der Waals surface area contributed by atoms with Gasteiger partial charge in [-0.1, -0.05) is 0 Å². The molecular weight excluding hydrogens is 534 g/mol. The number of pyridine rings is 1. The van der Waals surface area contributed by atoms with Crippen LogP contribution in [-0.4, -0.2) is 82.4 Å². The number of ether oxygens (including phenoxy) is 1. The molecule has 3 aliphatic rings. The predicted molar refractivity (Wildman–Crippen MR) is 125 cm³/mol. The number of halogens is 6. The molecule has 0 radical (unpaired) electrons. The number of morpholine rings is 1. The van der Waals surface area contributed by atoms with Crippen LogP contribution in [0.4, 0.5) is 32.2 Å². The van der Waals surface area contributed by atoms with Crippen LogP contribution >= 0.6 is 0 Å². The van der Waals surface area contributed by atoms with Crippen LogP contribution < -0.4 is 10.5 Å². The van der Waals surface area contributed by atoms with Gasteiger partial charge in [-0.25, -0.2) is 10.1 Å². The maximum absolute atomic E-state index is 13.5. The molecule has 0 saturated carbocycles. The summed E-state index contributed by atoms with van der Waals surface area (Å²) in [6, 6.07) is 1.76. The van der Waals surface area contributed by atoms with Gasteiger partial charge in [0.15, 0.2) is 5.60 Å². The lowest BCUT2D eigenvalue weighted by Crippen LogP contribution is -2.62. The first-order valence-corrected chi connectivity index (χ1v) is 12.4. The molecule has 0 aromatic carbocycles. The second-order valence-electron chi connectivity index (χ2n) is 10.1. The number of H-pyrrole nitrogens is 1. The molecule has 15 heteroatoms. The van der Waals surface area contributed by atoms with Crippen molar-refractivity contribution < 1.29 is 35.9 Å². The van der Waals surface area contributed by atoms with E-state index in [4.69, 9.17) is 4.74 Å². The molecule has 212 valence electrons. The number of nitrogens with one attached hydrogen (secondary N) is 1. The summed E-state index contributed by atoms with van der Waals surface area (Å²) < 4.78 is 84.9. The zero-order valence-corrected chi connectivity index (χ0v) is 20.9. The van der Waals surface area contributed by atoms with E-state index in [0.717, 1.165) is 12.3 Å². The molecule has 2 aromatic heterocycles. The van der Waals surface area contributed by atoms with E-state index in [0.29, 0.717) is 45.0 Å². The molecule has 0 unspecified atom stereocenters. The molecule has 0 bridgehead atoms. The highest BCUT2D eigenvalue weighted by Gasteiger charge is 2.47. The minimum absolute atomic E-state index is 0.0493. The Balaban J connectivity index is 1.25. The Kier molecular flexibility index (Phi) is 6.85. The number of alkyl halides is 6. The lowest BCUT2D eigenvalue weighted by molar-refractivity contribution is -0.170. The maximum atomic E-state index is 13.5. The van der Waals surface area contributed by atoms with Gasteiger partial charge in [0.2, 0.25) is 0 Å².